The van der Waals surface area contributed by atoms with Crippen molar-refractivity contribution < 1.29 is 14.3 Å². The van der Waals surface area contributed by atoms with E-state index in [1.807, 2.05) is 0 Å². The average molecular weight is 346 g/mol. The van der Waals surface area contributed by atoms with Crippen LogP contribution in [0.2, 0.25) is 0 Å². The monoisotopic (exact) mass is 346 g/mol. The van der Waals surface area contributed by atoms with Crippen molar-refractivity contribution in [3.05, 3.63) is 34.2 Å². The van der Waals surface area contributed by atoms with E-state index in [1.54, 1.807) is 30.3 Å². The molecular weight excluding hydrogens is 320 g/mol. The number of hydrogen-bond acceptors (Lipinski definition) is 4. The van der Waals surface area contributed by atoms with Crippen molar-refractivity contribution in [2.75, 3.05) is 26.3 Å². The molecule has 6 heteroatoms. The van der Waals surface area contributed by atoms with Gasteiger partial charge in [-0.3, -0.25) is 9.59 Å². The number of hydrogen-bond donors (Lipinski definition) is 0. The normalized spacial score (nSPS) is 29.3. The highest BCUT2D eigenvalue weighted by molar-refractivity contribution is 5.94. The Morgan fingerprint density at radius 3 is 3.08 bits per heavy atom. The maximum absolute atomic E-state index is 12.8. The maximum atomic E-state index is 12.8. The molecule has 1 aromatic heterocycles. The second-order valence-corrected chi connectivity index (χ2v) is 7.77. The predicted molar refractivity (Wildman–Crippen MR) is 92.6 cm³/mol. The van der Waals surface area contributed by atoms with Crippen LogP contribution in [0.25, 0.3) is 0 Å². The minimum absolute atomic E-state index is 0.139. The van der Waals surface area contributed by atoms with Gasteiger partial charge in [-0.1, -0.05) is 0 Å². The summed E-state index contributed by atoms with van der Waals surface area (Å²) in [6, 6.07) is 3.35. The SMILES string of the molecule is Cn1cccc(C(=O)N2CCC[C@@]3(C[C@@H](OCC4CC4)CO3)C2)c1=O. The lowest BCUT2D eigenvalue weighted by atomic mass is 9.89. The molecule has 2 atom stereocenters. The first-order valence-corrected chi connectivity index (χ1v) is 9.27. The molecule has 0 radical (unpaired) electrons. The zero-order valence-electron chi connectivity index (χ0n) is 14.8. The smallest absolute Gasteiger partial charge is 0.263 e. The van der Waals surface area contributed by atoms with E-state index in [1.165, 1.54) is 17.4 Å². The van der Waals surface area contributed by atoms with Crippen LogP contribution in [0.1, 0.15) is 42.5 Å². The van der Waals surface area contributed by atoms with Crippen LogP contribution in [0.15, 0.2) is 23.1 Å². The van der Waals surface area contributed by atoms with Gasteiger partial charge >= 0.3 is 0 Å². The van der Waals surface area contributed by atoms with Crippen molar-refractivity contribution in [1.29, 1.82) is 0 Å². The number of aromatic nitrogens is 1. The van der Waals surface area contributed by atoms with Crippen molar-refractivity contribution in [1.82, 2.24) is 9.47 Å². The molecule has 3 fully saturated rings. The maximum Gasteiger partial charge on any atom is 0.263 e. The van der Waals surface area contributed by atoms with E-state index >= 15 is 0 Å². The largest absolute Gasteiger partial charge is 0.375 e. The number of ether oxygens (including phenoxy) is 2. The molecule has 1 aliphatic carbocycles. The lowest BCUT2D eigenvalue weighted by Crippen LogP contribution is -2.51. The van der Waals surface area contributed by atoms with Crippen LogP contribution in [-0.2, 0) is 16.5 Å². The number of likely N-dealkylation sites (tertiary alicyclic amines) is 1. The van der Waals surface area contributed by atoms with Crippen LogP contribution in [0.5, 0.6) is 0 Å². The van der Waals surface area contributed by atoms with Gasteiger partial charge in [0.2, 0.25) is 0 Å². The van der Waals surface area contributed by atoms with E-state index in [9.17, 15) is 9.59 Å². The minimum atomic E-state index is -0.303. The molecule has 3 heterocycles. The van der Waals surface area contributed by atoms with Gasteiger partial charge in [-0.05, 0) is 43.7 Å². The van der Waals surface area contributed by atoms with Crippen LogP contribution in [0.3, 0.4) is 0 Å². The molecule has 2 aliphatic heterocycles. The third-order valence-electron chi connectivity index (χ3n) is 5.62. The van der Waals surface area contributed by atoms with E-state index in [0.29, 0.717) is 19.7 Å². The van der Waals surface area contributed by atoms with Crippen LogP contribution in [0, 0.1) is 5.92 Å². The summed E-state index contributed by atoms with van der Waals surface area (Å²) >= 11 is 0. The van der Waals surface area contributed by atoms with Gasteiger partial charge in [-0.15, -0.1) is 0 Å². The third kappa shape index (κ3) is 3.51. The number of pyridine rings is 1. The number of nitrogens with zero attached hydrogens (tertiary/aromatic N) is 2. The molecular formula is C19H26N2O4. The quantitative estimate of drug-likeness (QED) is 0.830. The van der Waals surface area contributed by atoms with Crippen molar-refractivity contribution in [3.8, 4) is 0 Å². The summed E-state index contributed by atoms with van der Waals surface area (Å²) in [5.74, 6) is 0.557. The second-order valence-electron chi connectivity index (χ2n) is 7.77. The van der Waals surface area contributed by atoms with E-state index < -0.39 is 0 Å². The van der Waals surface area contributed by atoms with Gasteiger partial charge in [0.25, 0.3) is 11.5 Å². The Kier molecular flexibility index (Phi) is 4.41. The summed E-state index contributed by atoms with van der Waals surface area (Å²) in [6.45, 7) is 2.68. The molecule has 0 bridgehead atoms. The van der Waals surface area contributed by atoms with Crippen molar-refractivity contribution in [2.45, 2.75) is 43.8 Å². The first-order valence-electron chi connectivity index (χ1n) is 9.27. The zero-order chi connectivity index (χ0) is 17.4. The molecule has 1 amide bonds. The lowest BCUT2D eigenvalue weighted by Gasteiger charge is -2.39. The molecule has 0 aromatic carbocycles. The van der Waals surface area contributed by atoms with Gasteiger partial charge in [0.15, 0.2) is 0 Å². The van der Waals surface area contributed by atoms with E-state index in [2.05, 4.69) is 0 Å². The standard InChI is InChI=1S/C19H26N2O4/c1-20-8-2-4-16(17(20)22)18(23)21-9-3-7-19(13-21)10-15(12-25-19)24-11-14-5-6-14/h2,4,8,14-15H,3,5-7,9-13H2,1H3/t15-,19-/m1/s1. The summed E-state index contributed by atoms with van der Waals surface area (Å²) in [5, 5.41) is 0. The number of amides is 1. The van der Waals surface area contributed by atoms with Gasteiger partial charge in [-0.2, -0.15) is 0 Å². The molecule has 1 spiro atoms. The molecule has 0 N–H and O–H groups in total. The summed E-state index contributed by atoms with van der Waals surface area (Å²) < 4.78 is 13.5. The van der Waals surface area contributed by atoms with Crippen LogP contribution >= 0.6 is 0 Å². The topological polar surface area (TPSA) is 60.8 Å². The lowest BCUT2D eigenvalue weighted by molar-refractivity contribution is -0.0465. The van der Waals surface area contributed by atoms with E-state index in [-0.39, 0.29) is 28.7 Å². The summed E-state index contributed by atoms with van der Waals surface area (Å²) in [4.78, 5) is 26.9. The fraction of sp³-hybridized carbons (Fsp3) is 0.684. The van der Waals surface area contributed by atoms with Crippen LogP contribution in [0.4, 0.5) is 0 Å². The molecule has 2 saturated heterocycles. The molecule has 1 saturated carbocycles. The highest BCUT2D eigenvalue weighted by Crippen LogP contribution is 2.37. The van der Waals surface area contributed by atoms with Crippen molar-refractivity contribution >= 4 is 5.91 Å². The highest BCUT2D eigenvalue weighted by Gasteiger charge is 2.45. The molecule has 6 nitrogen and oxygen atoms in total. The van der Waals surface area contributed by atoms with Gasteiger partial charge in [0, 0.05) is 32.8 Å². The van der Waals surface area contributed by atoms with Gasteiger partial charge in [0.1, 0.15) is 5.56 Å². The molecule has 25 heavy (non-hydrogen) atoms. The molecule has 1 aromatic rings. The van der Waals surface area contributed by atoms with Gasteiger partial charge < -0.3 is 18.9 Å². The Labute approximate surface area is 147 Å². The molecule has 0 unspecified atom stereocenters. The van der Waals surface area contributed by atoms with E-state index in [0.717, 1.165) is 31.8 Å². The Morgan fingerprint density at radius 2 is 2.28 bits per heavy atom. The van der Waals surface area contributed by atoms with Crippen molar-refractivity contribution in [2.24, 2.45) is 13.0 Å². The highest BCUT2D eigenvalue weighted by atomic mass is 16.6. The summed E-state index contributed by atoms with van der Waals surface area (Å²) in [5.41, 5.74) is -0.311. The molecule has 4 rings (SSSR count). The fourth-order valence-corrected chi connectivity index (χ4v) is 3.95. The Morgan fingerprint density at radius 1 is 1.44 bits per heavy atom. The first kappa shape index (κ1) is 16.8. The molecule has 3 aliphatic rings. The van der Waals surface area contributed by atoms with E-state index in [4.69, 9.17) is 9.47 Å². The number of carbonyl (C=O) groups excluding carboxylic acids is 1. The van der Waals surface area contributed by atoms with Gasteiger partial charge in [-0.25, -0.2) is 0 Å². The third-order valence-corrected chi connectivity index (χ3v) is 5.62. The Balaban J connectivity index is 1.43. The average Bonchev–Trinajstić information content (AvgIpc) is 3.37. The molecule has 136 valence electrons. The Bertz CT molecular complexity index is 712. The van der Waals surface area contributed by atoms with Gasteiger partial charge in [0.05, 0.1) is 24.9 Å². The number of piperidine rings is 1. The van der Waals surface area contributed by atoms with Crippen molar-refractivity contribution in [3.63, 3.8) is 0 Å². The first-order chi connectivity index (χ1) is 12.1. The predicted octanol–water partition coefficient (Wildman–Crippen LogP) is 1.58. The minimum Gasteiger partial charge on any atom is -0.375 e. The fourth-order valence-electron chi connectivity index (χ4n) is 3.95. The van der Waals surface area contributed by atoms with Crippen LogP contribution in [-0.4, -0.2) is 53.4 Å². The Hall–Kier alpha value is -1.66. The summed E-state index contributed by atoms with van der Waals surface area (Å²) in [6.07, 6.45) is 7.07. The zero-order valence-corrected chi connectivity index (χ0v) is 14.8. The number of carbonyl (C=O) groups is 1. The second kappa shape index (κ2) is 6.57. The number of rotatable bonds is 4. The number of aryl methyl sites for hydroxylation is 1. The summed E-state index contributed by atoms with van der Waals surface area (Å²) in [7, 11) is 1.67. The van der Waals surface area contributed by atoms with Crippen LogP contribution < -0.4 is 5.56 Å².